The number of methoxy groups -OCH3 is 1. The molecule has 0 aliphatic carbocycles. The first-order valence-corrected chi connectivity index (χ1v) is 6.55. The molecule has 0 unspecified atom stereocenters. The monoisotopic (exact) mass is 295 g/mol. The average molecular weight is 295 g/mol. The summed E-state index contributed by atoms with van der Waals surface area (Å²) in [5.41, 5.74) is 0.309. The second-order valence-corrected chi connectivity index (χ2v) is 5.50. The zero-order valence-corrected chi connectivity index (χ0v) is 12.7. The highest BCUT2D eigenvalue weighted by molar-refractivity contribution is 5.89. The molecule has 1 aromatic rings. The molecule has 6 heteroatoms. The molecule has 0 saturated carbocycles. The molecule has 0 aliphatic rings. The zero-order valence-electron chi connectivity index (χ0n) is 12.7. The van der Waals surface area contributed by atoms with Crippen LogP contribution in [-0.2, 0) is 9.47 Å². The van der Waals surface area contributed by atoms with Crippen molar-refractivity contribution in [1.82, 2.24) is 5.32 Å². The molecule has 2 N–H and O–H groups in total. The summed E-state index contributed by atoms with van der Waals surface area (Å²) < 4.78 is 9.78. The van der Waals surface area contributed by atoms with Crippen molar-refractivity contribution in [2.45, 2.75) is 32.4 Å². The van der Waals surface area contributed by atoms with Gasteiger partial charge in [0.1, 0.15) is 5.60 Å². The Morgan fingerprint density at radius 3 is 2.52 bits per heavy atom. The van der Waals surface area contributed by atoms with Gasteiger partial charge in [-0.25, -0.2) is 9.59 Å². The van der Waals surface area contributed by atoms with Crippen LogP contribution in [0.1, 0.15) is 42.7 Å². The van der Waals surface area contributed by atoms with Gasteiger partial charge in [0.2, 0.25) is 0 Å². The molecular weight excluding hydrogens is 274 g/mol. The van der Waals surface area contributed by atoms with E-state index in [0.717, 1.165) is 0 Å². The summed E-state index contributed by atoms with van der Waals surface area (Å²) in [5.74, 6) is -0.481. The first-order chi connectivity index (χ1) is 9.76. The van der Waals surface area contributed by atoms with Gasteiger partial charge < -0.3 is 19.9 Å². The van der Waals surface area contributed by atoms with Crippen molar-refractivity contribution in [3.63, 3.8) is 0 Å². The Kier molecular flexibility index (Phi) is 5.72. The molecule has 1 rings (SSSR count). The Morgan fingerprint density at radius 1 is 1.33 bits per heavy atom. The molecule has 1 atom stereocenters. The first-order valence-electron chi connectivity index (χ1n) is 6.55. The fourth-order valence-electron chi connectivity index (χ4n) is 1.68. The number of amides is 1. The highest BCUT2D eigenvalue weighted by Crippen LogP contribution is 2.16. The van der Waals surface area contributed by atoms with E-state index in [0.29, 0.717) is 11.1 Å². The summed E-state index contributed by atoms with van der Waals surface area (Å²) in [4.78, 5) is 23.2. The number of aliphatic hydroxyl groups excluding tert-OH is 1. The lowest BCUT2D eigenvalue weighted by Gasteiger charge is -2.23. The molecule has 21 heavy (non-hydrogen) atoms. The molecule has 1 aromatic carbocycles. The number of ether oxygens (including phenoxy) is 2. The molecule has 0 aliphatic heterocycles. The molecular formula is C15H21NO5. The van der Waals surface area contributed by atoms with Gasteiger partial charge in [0.05, 0.1) is 25.3 Å². The van der Waals surface area contributed by atoms with Crippen LogP contribution in [0.15, 0.2) is 24.3 Å². The predicted molar refractivity (Wildman–Crippen MR) is 77.0 cm³/mol. The third-order valence-electron chi connectivity index (χ3n) is 2.58. The summed E-state index contributed by atoms with van der Waals surface area (Å²) in [6, 6.07) is 5.84. The largest absolute Gasteiger partial charge is 0.465 e. The molecule has 0 heterocycles. The summed E-state index contributed by atoms with van der Waals surface area (Å²) in [5, 5.41) is 12.0. The van der Waals surface area contributed by atoms with Crippen LogP contribution >= 0.6 is 0 Å². The Balaban J connectivity index is 2.85. The third kappa shape index (κ3) is 5.43. The lowest BCUT2D eigenvalue weighted by atomic mass is 10.0. The maximum absolute atomic E-state index is 11.7. The van der Waals surface area contributed by atoms with Crippen LogP contribution < -0.4 is 5.32 Å². The van der Waals surface area contributed by atoms with Crippen molar-refractivity contribution < 1.29 is 24.2 Å². The number of aliphatic hydroxyl groups is 1. The highest BCUT2D eigenvalue weighted by atomic mass is 16.6. The molecule has 0 spiro atoms. The smallest absolute Gasteiger partial charge is 0.408 e. The standard InChI is InChI=1S/C15H21NO5/c1-15(2,3)21-14(19)16-12(9-17)10-6-5-7-11(8-10)13(18)20-4/h5-8,12,17H,9H2,1-4H3,(H,16,19)/t12-/m0/s1. The van der Waals surface area contributed by atoms with Crippen LogP contribution in [-0.4, -0.2) is 36.5 Å². The van der Waals surface area contributed by atoms with Gasteiger partial charge in [-0.15, -0.1) is 0 Å². The van der Waals surface area contributed by atoms with Crippen LogP contribution in [0, 0.1) is 0 Å². The van der Waals surface area contributed by atoms with Crippen LogP contribution in [0.3, 0.4) is 0 Å². The van der Waals surface area contributed by atoms with Crippen molar-refractivity contribution in [3.8, 4) is 0 Å². The highest BCUT2D eigenvalue weighted by Gasteiger charge is 2.20. The van der Waals surface area contributed by atoms with Gasteiger partial charge in [0.15, 0.2) is 0 Å². The average Bonchev–Trinajstić information content (AvgIpc) is 2.42. The van der Waals surface area contributed by atoms with Gasteiger partial charge in [-0.2, -0.15) is 0 Å². The maximum Gasteiger partial charge on any atom is 0.408 e. The van der Waals surface area contributed by atoms with Crippen molar-refractivity contribution in [2.24, 2.45) is 0 Å². The summed E-state index contributed by atoms with van der Waals surface area (Å²) in [7, 11) is 1.29. The van der Waals surface area contributed by atoms with E-state index in [1.54, 1.807) is 45.0 Å². The van der Waals surface area contributed by atoms with E-state index in [2.05, 4.69) is 10.1 Å². The molecule has 0 saturated heterocycles. The summed E-state index contributed by atoms with van der Waals surface area (Å²) in [6.07, 6.45) is -0.634. The fourth-order valence-corrected chi connectivity index (χ4v) is 1.68. The third-order valence-corrected chi connectivity index (χ3v) is 2.58. The minimum absolute atomic E-state index is 0.316. The van der Waals surface area contributed by atoms with Gasteiger partial charge in [-0.3, -0.25) is 0 Å². The lowest BCUT2D eigenvalue weighted by molar-refractivity contribution is 0.0481. The van der Waals surface area contributed by atoms with Crippen LogP contribution in [0.5, 0.6) is 0 Å². The van der Waals surface area contributed by atoms with Gasteiger partial charge in [-0.05, 0) is 38.5 Å². The topological polar surface area (TPSA) is 84.9 Å². The number of carbonyl (C=O) groups excluding carboxylic acids is 2. The van der Waals surface area contributed by atoms with Crippen molar-refractivity contribution in [3.05, 3.63) is 35.4 Å². The van der Waals surface area contributed by atoms with E-state index in [1.807, 2.05) is 0 Å². The molecule has 0 radical (unpaired) electrons. The molecule has 0 fully saturated rings. The van der Waals surface area contributed by atoms with E-state index >= 15 is 0 Å². The van der Waals surface area contributed by atoms with Crippen molar-refractivity contribution in [2.75, 3.05) is 13.7 Å². The van der Waals surface area contributed by atoms with Crippen molar-refractivity contribution >= 4 is 12.1 Å². The molecule has 6 nitrogen and oxygen atoms in total. The number of benzene rings is 1. The van der Waals surface area contributed by atoms with Crippen LogP contribution in [0.4, 0.5) is 4.79 Å². The normalized spacial score (nSPS) is 12.4. The SMILES string of the molecule is COC(=O)c1cccc([C@H](CO)NC(=O)OC(C)(C)C)c1. The minimum atomic E-state index is -0.663. The summed E-state index contributed by atoms with van der Waals surface area (Å²) in [6.45, 7) is 4.93. The summed E-state index contributed by atoms with van der Waals surface area (Å²) >= 11 is 0. The fraction of sp³-hybridized carbons (Fsp3) is 0.467. The van der Waals surface area contributed by atoms with Crippen LogP contribution in [0.25, 0.3) is 0 Å². The number of esters is 1. The zero-order chi connectivity index (χ0) is 16.0. The van der Waals surface area contributed by atoms with Gasteiger partial charge in [0.25, 0.3) is 0 Å². The Bertz CT molecular complexity index is 507. The van der Waals surface area contributed by atoms with E-state index in [-0.39, 0.29) is 6.61 Å². The lowest BCUT2D eigenvalue weighted by Crippen LogP contribution is -2.36. The molecule has 0 bridgehead atoms. The number of hydrogen-bond donors (Lipinski definition) is 2. The molecule has 1 amide bonds. The Morgan fingerprint density at radius 2 is 2.00 bits per heavy atom. The predicted octanol–water partition coefficient (Wildman–Crippen LogP) is 2.03. The number of nitrogens with one attached hydrogen (secondary N) is 1. The second kappa shape index (κ2) is 7.08. The van der Waals surface area contributed by atoms with Gasteiger partial charge in [0, 0.05) is 0 Å². The number of carbonyl (C=O) groups is 2. The molecule has 116 valence electrons. The Labute approximate surface area is 124 Å². The van der Waals surface area contributed by atoms with Crippen molar-refractivity contribution in [1.29, 1.82) is 0 Å². The quantitative estimate of drug-likeness (QED) is 0.830. The number of hydrogen-bond acceptors (Lipinski definition) is 5. The minimum Gasteiger partial charge on any atom is -0.465 e. The number of rotatable bonds is 4. The van der Waals surface area contributed by atoms with E-state index in [1.165, 1.54) is 7.11 Å². The van der Waals surface area contributed by atoms with Gasteiger partial charge >= 0.3 is 12.1 Å². The van der Waals surface area contributed by atoms with Crippen LogP contribution in [0.2, 0.25) is 0 Å². The van der Waals surface area contributed by atoms with Gasteiger partial charge in [-0.1, -0.05) is 12.1 Å². The first kappa shape index (κ1) is 17.0. The number of alkyl carbamates (subject to hydrolysis) is 1. The Hall–Kier alpha value is -2.08. The second-order valence-electron chi connectivity index (χ2n) is 5.50. The maximum atomic E-state index is 11.7. The molecule has 0 aromatic heterocycles. The van der Waals surface area contributed by atoms with E-state index in [4.69, 9.17) is 4.74 Å². The van der Waals surface area contributed by atoms with E-state index in [9.17, 15) is 14.7 Å². The van der Waals surface area contributed by atoms with E-state index < -0.39 is 23.7 Å².